The van der Waals surface area contributed by atoms with Crippen LogP contribution in [0.3, 0.4) is 0 Å². The third-order valence-corrected chi connectivity index (χ3v) is 8.65. The van der Waals surface area contributed by atoms with E-state index in [0.717, 1.165) is 22.6 Å². The van der Waals surface area contributed by atoms with Crippen molar-refractivity contribution in [1.29, 1.82) is 0 Å². The molecular formula is C19H26P2. The molecule has 2 atom stereocenters. The molecule has 0 aliphatic carbocycles. The molecular weight excluding hydrogens is 290 g/mol. The van der Waals surface area contributed by atoms with Gasteiger partial charge in [-0.05, 0) is 28.9 Å². The summed E-state index contributed by atoms with van der Waals surface area (Å²) in [7, 11) is 1.80. The molecule has 0 aliphatic rings. The van der Waals surface area contributed by atoms with Crippen LogP contribution in [0, 0.1) is 5.41 Å². The summed E-state index contributed by atoms with van der Waals surface area (Å²) in [5, 5.41) is 3.75. The largest absolute Gasteiger partial charge is 0.0822 e. The SMILES string of the molecule is CCC(C)(CC)C(Pc1ccccc1)Pc1ccccc1. The lowest BCUT2D eigenvalue weighted by atomic mass is 9.87. The van der Waals surface area contributed by atoms with Gasteiger partial charge in [0.1, 0.15) is 0 Å². The van der Waals surface area contributed by atoms with Crippen LogP contribution in [0.15, 0.2) is 60.7 Å². The molecule has 0 heterocycles. The van der Waals surface area contributed by atoms with Gasteiger partial charge < -0.3 is 0 Å². The number of hydrogen-bond acceptors (Lipinski definition) is 0. The van der Waals surface area contributed by atoms with Crippen LogP contribution in [0.4, 0.5) is 0 Å². The molecule has 0 saturated heterocycles. The van der Waals surface area contributed by atoms with E-state index in [9.17, 15) is 0 Å². The van der Waals surface area contributed by atoms with Crippen LogP contribution in [0.1, 0.15) is 33.6 Å². The molecule has 0 aliphatic heterocycles. The van der Waals surface area contributed by atoms with Gasteiger partial charge in [-0.25, -0.2) is 0 Å². The van der Waals surface area contributed by atoms with E-state index in [1.807, 2.05) is 0 Å². The standard InChI is InChI=1S/C19H26P2/c1-4-19(3,5-2)18(20-16-12-8-6-9-13-16)21-17-14-10-7-11-15-17/h6-15,18,20-21H,4-5H2,1-3H3. The van der Waals surface area contributed by atoms with E-state index in [4.69, 9.17) is 0 Å². The van der Waals surface area contributed by atoms with Crippen LogP contribution in [-0.4, -0.2) is 5.40 Å². The fourth-order valence-electron chi connectivity index (χ4n) is 2.44. The van der Waals surface area contributed by atoms with Crippen molar-refractivity contribution in [2.45, 2.75) is 39.0 Å². The smallest absolute Gasteiger partial charge is 0.00735 e. The Balaban J connectivity index is 2.22. The van der Waals surface area contributed by atoms with Crippen molar-refractivity contribution in [3.63, 3.8) is 0 Å². The van der Waals surface area contributed by atoms with Gasteiger partial charge >= 0.3 is 0 Å². The fourth-order valence-corrected chi connectivity index (χ4v) is 6.68. The van der Waals surface area contributed by atoms with E-state index < -0.39 is 0 Å². The van der Waals surface area contributed by atoms with Crippen LogP contribution in [-0.2, 0) is 0 Å². The number of rotatable bonds is 7. The predicted octanol–water partition coefficient (Wildman–Crippen LogP) is 5.15. The van der Waals surface area contributed by atoms with Crippen molar-refractivity contribution in [2.24, 2.45) is 5.41 Å². The average Bonchev–Trinajstić information content (AvgIpc) is 2.55. The van der Waals surface area contributed by atoms with Gasteiger partial charge in [-0.2, -0.15) is 0 Å². The first-order chi connectivity index (χ1) is 10.2. The van der Waals surface area contributed by atoms with E-state index in [1.165, 1.54) is 23.5 Å². The van der Waals surface area contributed by atoms with E-state index >= 15 is 0 Å². The molecule has 2 aromatic carbocycles. The highest BCUT2D eigenvalue weighted by Crippen LogP contribution is 2.49. The first-order valence-corrected chi connectivity index (χ1v) is 9.96. The molecule has 0 amide bonds. The monoisotopic (exact) mass is 316 g/mol. The summed E-state index contributed by atoms with van der Waals surface area (Å²) in [6.07, 6.45) is 2.52. The minimum Gasteiger partial charge on any atom is -0.0822 e. The molecule has 112 valence electrons. The summed E-state index contributed by atoms with van der Waals surface area (Å²) in [4.78, 5) is 0. The molecule has 0 fully saturated rings. The van der Waals surface area contributed by atoms with Crippen LogP contribution in [0.25, 0.3) is 0 Å². The Labute approximate surface area is 133 Å². The summed E-state index contributed by atoms with van der Waals surface area (Å²) in [6.45, 7) is 7.17. The molecule has 2 rings (SSSR count). The Hall–Kier alpha value is -0.700. The summed E-state index contributed by atoms with van der Waals surface area (Å²) in [6, 6.07) is 22.0. The van der Waals surface area contributed by atoms with Gasteiger partial charge in [0.15, 0.2) is 0 Å². The summed E-state index contributed by atoms with van der Waals surface area (Å²) in [5.41, 5.74) is 0.433. The molecule has 0 saturated carbocycles. The van der Waals surface area contributed by atoms with Crippen molar-refractivity contribution < 1.29 is 0 Å². The number of hydrogen-bond donors (Lipinski definition) is 0. The van der Waals surface area contributed by atoms with Crippen molar-refractivity contribution >= 4 is 27.8 Å². The zero-order valence-electron chi connectivity index (χ0n) is 13.3. The van der Waals surface area contributed by atoms with E-state index in [0.29, 0.717) is 5.41 Å². The van der Waals surface area contributed by atoms with Crippen LogP contribution in [0.5, 0.6) is 0 Å². The second-order valence-corrected chi connectivity index (χ2v) is 9.28. The molecule has 0 bridgehead atoms. The van der Waals surface area contributed by atoms with Gasteiger partial charge in [-0.3, -0.25) is 0 Å². The Morgan fingerprint density at radius 1 is 0.762 bits per heavy atom. The average molecular weight is 316 g/mol. The maximum absolute atomic E-state index is 2.48. The Morgan fingerprint density at radius 2 is 1.14 bits per heavy atom. The van der Waals surface area contributed by atoms with Crippen molar-refractivity contribution in [3.05, 3.63) is 60.7 Å². The summed E-state index contributed by atoms with van der Waals surface area (Å²) >= 11 is 0. The van der Waals surface area contributed by atoms with Crippen LogP contribution < -0.4 is 10.6 Å². The van der Waals surface area contributed by atoms with E-state index in [-0.39, 0.29) is 0 Å². The lowest BCUT2D eigenvalue weighted by Crippen LogP contribution is -2.27. The van der Waals surface area contributed by atoms with E-state index in [2.05, 4.69) is 81.4 Å². The lowest BCUT2D eigenvalue weighted by Gasteiger charge is -2.36. The summed E-state index contributed by atoms with van der Waals surface area (Å²) in [5.74, 6) is 0. The summed E-state index contributed by atoms with van der Waals surface area (Å²) < 4.78 is 0. The Kier molecular flexibility index (Phi) is 6.40. The number of benzene rings is 2. The van der Waals surface area contributed by atoms with E-state index in [1.54, 1.807) is 0 Å². The Bertz CT molecular complexity index is 476. The molecule has 21 heavy (non-hydrogen) atoms. The molecule has 2 unspecified atom stereocenters. The molecule has 2 aromatic rings. The molecule has 0 spiro atoms. The first kappa shape index (κ1) is 16.7. The maximum Gasteiger partial charge on any atom is 0.00735 e. The van der Waals surface area contributed by atoms with Gasteiger partial charge in [0.25, 0.3) is 0 Å². The van der Waals surface area contributed by atoms with Gasteiger partial charge in [-0.15, -0.1) is 0 Å². The topological polar surface area (TPSA) is 0 Å². The molecule has 0 radical (unpaired) electrons. The third kappa shape index (κ3) is 4.64. The van der Waals surface area contributed by atoms with Crippen molar-refractivity contribution in [1.82, 2.24) is 0 Å². The molecule has 0 nitrogen and oxygen atoms in total. The van der Waals surface area contributed by atoms with Gasteiger partial charge in [0, 0.05) is 5.40 Å². The van der Waals surface area contributed by atoms with Crippen LogP contribution in [0.2, 0.25) is 0 Å². The zero-order chi connectivity index (χ0) is 15.1. The first-order valence-electron chi connectivity index (χ1n) is 7.81. The fraction of sp³-hybridized carbons (Fsp3) is 0.368. The van der Waals surface area contributed by atoms with Crippen molar-refractivity contribution in [2.75, 3.05) is 0 Å². The molecule has 0 aromatic heterocycles. The Morgan fingerprint density at radius 3 is 1.48 bits per heavy atom. The normalized spacial score (nSPS) is 14.2. The highest BCUT2D eigenvalue weighted by atomic mass is 31.1. The second kappa shape index (κ2) is 8.07. The van der Waals surface area contributed by atoms with Crippen LogP contribution >= 0.6 is 17.2 Å². The lowest BCUT2D eigenvalue weighted by molar-refractivity contribution is 0.329. The predicted molar refractivity (Wildman–Crippen MR) is 101 cm³/mol. The quantitative estimate of drug-likeness (QED) is 0.620. The zero-order valence-corrected chi connectivity index (χ0v) is 15.3. The third-order valence-electron chi connectivity index (χ3n) is 4.48. The maximum atomic E-state index is 2.48. The van der Waals surface area contributed by atoms with Gasteiger partial charge in [0.2, 0.25) is 0 Å². The van der Waals surface area contributed by atoms with Crippen molar-refractivity contribution in [3.8, 4) is 0 Å². The molecule has 0 N–H and O–H groups in total. The minimum atomic E-state index is 0.433. The second-order valence-electron chi connectivity index (χ2n) is 5.81. The molecule has 2 heteroatoms. The minimum absolute atomic E-state index is 0.433. The van der Waals surface area contributed by atoms with Gasteiger partial charge in [0.05, 0.1) is 0 Å². The highest BCUT2D eigenvalue weighted by Gasteiger charge is 2.31. The highest BCUT2D eigenvalue weighted by molar-refractivity contribution is 7.65. The van der Waals surface area contributed by atoms with Gasteiger partial charge in [-0.1, -0.05) is 98.6 Å².